The molecule has 5 rings (SSSR count). The Morgan fingerprint density at radius 2 is 1.90 bits per heavy atom. The third-order valence-corrected chi connectivity index (χ3v) is 9.41. The van der Waals surface area contributed by atoms with Gasteiger partial charge in [0.05, 0.1) is 18.1 Å². The molecule has 2 bridgehead atoms. The number of aliphatic hydroxyl groups is 3. The van der Waals surface area contributed by atoms with Crippen LogP contribution in [-0.2, 0) is 14.3 Å². The molecule has 0 aromatic carbocycles. The Labute approximate surface area is 178 Å². The Bertz CT molecular complexity index is 793. The molecular weight excluding hydrogens is 384 g/mol. The van der Waals surface area contributed by atoms with Gasteiger partial charge in [-0.1, -0.05) is 32.4 Å². The molecule has 6 nitrogen and oxygen atoms in total. The van der Waals surface area contributed by atoms with Crippen LogP contribution in [0.25, 0.3) is 0 Å². The van der Waals surface area contributed by atoms with E-state index in [4.69, 9.17) is 4.74 Å². The maximum Gasteiger partial charge on any atom is 0.208 e. The van der Waals surface area contributed by atoms with E-state index >= 15 is 0 Å². The van der Waals surface area contributed by atoms with Crippen LogP contribution in [0.5, 0.6) is 0 Å². The minimum absolute atomic E-state index is 0.00141. The molecule has 2 heterocycles. The highest BCUT2D eigenvalue weighted by atomic mass is 16.6. The average Bonchev–Trinajstić information content (AvgIpc) is 2.66. The van der Waals surface area contributed by atoms with Gasteiger partial charge in [0.2, 0.25) is 5.79 Å². The molecule has 0 aromatic heterocycles. The zero-order valence-electron chi connectivity index (χ0n) is 18.6. The highest BCUT2D eigenvalue weighted by Gasteiger charge is 2.84. The molecule has 3 N–H and O–H groups in total. The molecule has 6 heteroatoms. The number of hydrogen-bond donors (Lipinski definition) is 3. The Morgan fingerprint density at radius 1 is 1.23 bits per heavy atom. The standard InChI is InChI=1S/C24H36O6/c1-6-10-21(5)11-9-17(26)22-12-30-24(29,20(28)18(21)22)23(14(4)25)16(22)8-7-15(13(2)3)19(23)27/h15-16,18-20,27-29H,2,6-12H2,1,3-5H3/t15-,16-,18+,19+,20-,21+,22+,23+,24-/m0/s1. The van der Waals surface area contributed by atoms with Gasteiger partial charge in [0.1, 0.15) is 23.1 Å². The molecule has 30 heavy (non-hydrogen) atoms. The van der Waals surface area contributed by atoms with Gasteiger partial charge in [0.25, 0.3) is 0 Å². The van der Waals surface area contributed by atoms with Crippen LogP contribution in [0.3, 0.4) is 0 Å². The quantitative estimate of drug-likeness (QED) is 0.604. The Hall–Kier alpha value is -1.08. The number of ketones is 2. The summed E-state index contributed by atoms with van der Waals surface area (Å²) >= 11 is 0. The summed E-state index contributed by atoms with van der Waals surface area (Å²) in [6.07, 6.45) is 1.14. The second-order valence-electron chi connectivity index (χ2n) is 10.7. The molecule has 5 aliphatic rings. The smallest absolute Gasteiger partial charge is 0.208 e. The highest BCUT2D eigenvalue weighted by Crippen LogP contribution is 2.73. The van der Waals surface area contributed by atoms with Crippen molar-refractivity contribution < 1.29 is 29.6 Å². The van der Waals surface area contributed by atoms with Crippen LogP contribution in [0.2, 0.25) is 0 Å². The summed E-state index contributed by atoms with van der Waals surface area (Å²) in [7, 11) is 0. The number of fused-ring (bicyclic) bond motifs is 1. The first-order chi connectivity index (χ1) is 13.9. The lowest BCUT2D eigenvalue weighted by Crippen LogP contribution is -2.86. The largest absolute Gasteiger partial charge is 0.391 e. The van der Waals surface area contributed by atoms with Crippen molar-refractivity contribution in [2.75, 3.05) is 6.61 Å². The van der Waals surface area contributed by atoms with Gasteiger partial charge in [-0.2, -0.15) is 0 Å². The molecule has 0 aromatic rings. The van der Waals surface area contributed by atoms with E-state index in [0.717, 1.165) is 18.4 Å². The zero-order valence-corrected chi connectivity index (χ0v) is 18.6. The minimum atomic E-state index is -2.23. The first-order valence-electron chi connectivity index (χ1n) is 11.4. The van der Waals surface area contributed by atoms with Crippen molar-refractivity contribution in [3.63, 3.8) is 0 Å². The fraction of sp³-hybridized carbons (Fsp3) is 0.833. The van der Waals surface area contributed by atoms with Crippen molar-refractivity contribution in [3.05, 3.63) is 12.2 Å². The summed E-state index contributed by atoms with van der Waals surface area (Å²) < 4.78 is 5.89. The summed E-state index contributed by atoms with van der Waals surface area (Å²) in [5.41, 5.74) is -2.44. The maximum absolute atomic E-state index is 13.6. The van der Waals surface area contributed by atoms with Crippen LogP contribution >= 0.6 is 0 Å². The van der Waals surface area contributed by atoms with Gasteiger partial charge < -0.3 is 20.1 Å². The van der Waals surface area contributed by atoms with Gasteiger partial charge in [0.15, 0.2) is 0 Å². The Kier molecular flexibility index (Phi) is 4.95. The van der Waals surface area contributed by atoms with Crippen LogP contribution in [0, 0.1) is 34.0 Å². The summed E-state index contributed by atoms with van der Waals surface area (Å²) in [6, 6.07) is 0. The normalized spacial score (nSPS) is 52.5. The van der Waals surface area contributed by atoms with Crippen molar-refractivity contribution in [2.24, 2.45) is 34.0 Å². The van der Waals surface area contributed by atoms with E-state index in [-0.39, 0.29) is 17.8 Å². The summed E-state index contributed by atoms with van der Waals surface area (Å²) in [4.78, 5) is 26.9. The molecule has 2 aliphatic heterocycles. The van der Waals surface area contributed by atoms with E-state index in [1.807, 2.05) is 0 Å². The zero-order chi connectivity index (χ0) is 22.3. The second-order valence-corrected chi connectivity index (χ2v) is 10.7. The number of aliphatic hydroxyl groups excluding tert-OH is 2. The predicted molar refractivity (Wildman–Crippen MR) is 110 cm³/mol. The van der Waals surface area contributed by atoms with Crippen LogP contribution in [0.15, 0.2) is 12.2 Å². The SMILES string of the molecule is C=C(C)[C@@H]1CC[C@H]2[C@@]34CO[C@@](O)([C@@H](O)[C@@H]3[C@](C)(CCC)CCC4=O)[C@@]2(C(C)=O)[C@@H]1O. The molecule has 2 saturated heterocycles. The second kappa shape index (κ2) is 6.71. The van der Waals surface area contributed by atoms with E-state index < -0.39 is 52.4 Å². The lowest BCUT2D eigenvalue weighted by atomic mass is 9.34. The topological polar surface area (TPSA) is 104 Å². The summed E-state index contributed by atoms with van der Waals surface area (Å²) in [5.74, 6) is -4.13. The fourth-order valence-electron chi connectivity index (χ4n) is 8.29. The summed E-state index contributed by atoms with van der Waals surface area (Å²) in [6.45, 7) is 11.3. The van der Waals surface area contributed by atoms with Gasteiger partial charge in [-0.15, -0.1) is 0 Å². The van der Waals surface area contributed by atoms with Gasteiger partial charge in [-0.25, -0.2) is 0 Å². The molecule has 5 fully saturated rings. The molecular formula is C24H36O6. The Morgan fingerprint density at radius 3 is 2.47 bits per heavy atom. The molecule has 1 spiro atoms. The molecule has 0 radical (unpaired) electrons. The number of rotatable bonds is 4. The predicted octanol–water partition coefficient (Wildman–Crippen LogP) is 2.39. The molecule has 3 aliphatic carbocycles. The monoisotopic (exact) mass is 420 g/mol. The molecule has 168 valence electrons. The van der Waals surface area contributed by atoms with Crippen molar-refractivity contribution >= 4 is 11.6 Å². The van der Waals surface area contributed by atoms with E-state index in [1.165, 1.54) is 6.92 Å². The van der Waals surface area contributed by atoms with Crippen molar-refractivity contribution in [1.29, 1.82) is 0 Å². The van der Waals surface area contributed by atoms with Crippen LogP contribution < -0.4 is 0 Å². The van der Waals surface area contributed by atoms with Gasteiger partial charge in [-0.3, -0.25) is 9.59 Å². The first kappa shape index (κ1) is 22.1. The third kappa shape index (κ3) is 2.24. The molecule has 0 unspecified atom stereocenters. The van der Waals surface area contributed by atoms with Gasteiger partial charge in [0, 0.05) is 18.3 Å². The molecule has 3 saturated carbocycles. The fourth-order valence-corrected chi connectivity index (χ4v) is 8.29. The lowest BCUT2D eigenvalue weighted by molar-refractivity contribution is -0.442. The van der Waals surface area contributed by atoms with Crippen molar-refractivity contribution in [1.82, 2.24) is 0 Å². The van der Waals surface area contributed by atoms with E-state index in [9.17, 15) is 24.9 Å². The van der Waals surface area contributed by atoms with Crippen LogP contribution in [0.4, 0.5) is 0 Å². The van der Waals surface area contributed by atoms with Gasteiger partial charge in [-0.05, 0) is 50.9 Å². The Balaban J connectivity index is 1.99. The highest BCUT2D eigenvalue weighted by molar-refractivity contribution is 5.92. The molecule has 9 atom stereocenters. The number of hydrogen-bond acceptors (Lipinski definition) is 6. The number of carbonyl (C=O) groups excluding carboxylic acids is 2. The van der Waals surface area contributed by atoms with E-state index in [1.54, 1.807) is 6.92 Å². The maximum atomic E-state index is 13.6. The first-order valence-corrected chi connectivity index (χ1v) is 11.4. The minimum Gasteiger partial charge on any atom is -0.391 e. The number of Topliss-reactive ketones (excluding diaryl/α,β-unsaturated/α-hetero) is 2. The van der Waals surface area contributed by atoms with Crippen molar-refractivity contribution in [3.8, 4) is 0 Å². The summed E-state index contributed by atoms with van der Waals surface area (Å²) in [5, 5.41) is 35.0. The third-order valence-electron chi connectivity index (χ3n) is 9.41. The van der Waals surface area contributed by atoms with Crippen LogP contribution in [0.1, 0.15) is 66.2 Å². The average molecular weight is 421 g/mol. The van der Waals surface area contributed by atoms with Gasteiger partial charge >= 0.3 is 0 Å². The van der Waals surface area contributed by atoms with Crippen LogP contribution in [-0.4, -0.2) is 51.5 Å². The van der Waals surface area contributed by atoms with Crippen molar-refractivity contribution in [2.45, 2.75) is 84.2 Å². The van der Waals surface area contributed by atoms with E-state index in [0.29, 0.717) is 25.7 Å². The number of carbonyl (C=O) groups is 2. The lowest BCUT2D eigenvalue weighted by Gasteiger charge is -2.74. The van der Waals surface area contributed by atoms with E-state index in [2.05, 4.69) is 20.4 Å². The number of ether oxygens (including phenoxy) is 1. The molecule has 0 amide bonds.